The van der Waals surface area contributed by atoms with Crippen molar-refractivity contribution in [2.75, 3.05) is 0 Å². The number of aryl methyl sites for hydroxylation is 1. The van der Waals surface area contributed by atoms with Crippen molar-refractivity contribution in [1.29, 1.82) is 0 Å². The maximum atomic E-state index is 5.96. The number of aromatic nitrogens is 2. The van der Waals surface area contributed by atoms with Crippen molar-refractivity contribution >= 4 is 23.1 Å². The van der Waals surface area contributed by atoms with Gasteiger partial charge in [-0.15, -0.1) is 10.2 Å². The minimum atomic E-state index is 0.817. The molecule has 21 heavy (non-hydrogen) atoms. The summed E-state index contributed by atoms with van der Waals surface area (Å²) in [5.41, 5.74) is 1.15. The highest BCUT2D eigenvalue weighted by atomic mass is 32.2. The molecule has 0 spiro atoms. The number of rotatable bonds is 5. The molecule has 0 saturated carbocycles. The van der Waals surface area contributed by atoms with Gasteiger partial charge >= 0.3 is 0 Å². The third-order valence-electron chi connectivity index (χ3n) is 2.80. The van der Waals surface area contributed by atoms with Crippen LogP contribution in [0.5, 0.6) is 11.5 Å². The Kier molecular flexibility index (Phi) is 4.52. The summed E-state index contributed by atoms with van der Waals surface area (Å²) in [5, 5.41) is 9.16. The maximum absolute atomic E-state index is 5.96. The normalized spacial score (nSPS) is 10.5. The Bertz CT molecular complexity index is 713. The third kappa shape index (κ3) is 3.83. The van der Waals surface area contributed by atoms with E-state index in [0.717, 1.165) is 32.2 Å². The molecule has 0 bridgehead atoms. The van der Waals surface area contributed by atoms with Crippen LogP contribution in [0.3, 0.4) is 0 Å². The average molecular weight is 314 g/mol. The highest BCUT2D eigenvalue weighted by molar-refractivity contribution is 8.00. The molecule has 3 aromatic rings. The molecular weight excluding hydrogens is 300 g/mol. The predicted octanol–water partition coefficient (Wildman–Crippen LogP) is 4.93. The summed E-state index contributed by atoms with van der Waals surface area (Å²) in [7, 11) is 0. The van der Waals surface area contributed by atoms with E-state index in [1.165, 1.54) is 0 Å². The standard InChI is InChI=1S/C16H14N2OS2/c1-12-17-18-16(21-12)20-11-13-7-5-6-10-15(13)19-14-8-3-2-4-9-14/h2-10H,11H2,1H3. The summed E-state index contributed by atoms with van der Waals surface area (Å²) in [6.07, 6.45) is 0. The van der Waals surface area contributed by atoms with E-state index in [4.69, 9.17) is 4.74 Å². The molecule has 0 unspecified atom stereocenters. The van der Waals surface area contributed by atoms with Crippen LogP contribution in [0.15, 0.2) is 58.9 Å². The van der Waals surface area contributed by atoms with Crippen LogP contribution in [0, 0.1) is 6.92 Å². The van der Waals surface area contributed by atoms with E-state index in [-0.39, 0.29) is 0 Å². The van der Waals surface area contributed by atoms with Gasteiger partial charge in [0.2, 0.25) is 0 Å². The first kappa shape index (κ1) is 14.1. The fourth-order valence-electron chi connectivity index (χ4n) is 1.81. The van der Waals surface area contributed by atoms with Gasteiger partial charge in [0.1, 0.15) is 16.5 Å². The van der Waals surface area contributed by atoms with Crippen LogP contribution in [0.25, 0.3) is 0 Å². The highest BCUT2D eigenvalue weighted by Gasteiger charge is 2.07. The molecule has 0 fully saturated rings. The summed E-state index contributed by atoms with van der Waals surface area (Å²) in [5.74, 6) is 2.55. The van der Waals surface area contributed by atoms with Crippen LogP contribution < -0.4 is 4.74 Å². The second-order valence-electron chi connectivity index (χ2n) is 4.40. The van der Waals surface area contributed by atoms with Gasteiger partial charge in [0.25, 0.3) is 0 Å². The molecule has 0 radical (unpaired) electrons. The zero-order valence-corrected chi connectivity index (χ0v) is 13.2. The number of thioether (sulfide) groups is 1. The highest BCUT2D eigenvalue weighted by Crippen LogP contribution is 2.31. The summed E-state index contributed by atoms with van der Waals surface area (Å²) in [6.45, 7) is 1.97. The molecule has 1 heterocycles. The molecule has 106 valence electrons. The van der Waals surface area contributed by atoms with Crippen LogP contribution in [-0.4, -0.2) is 10.2 Å². The van der Waals surface area contributed by atoms with Gasteiger partial charge in [-0.25, -0.2) is 0 Å². The number of ether oxygens (including phenoxy) is 1. The lowest BCUT2D eigenvalue weighted by molar-refractivity contribution is 0.478. The monoisotopic (exact) mass is 314 g/mol. The Morgan fingerprint density at radius 1 is 1.00 bits per heavy atom. The molecule has 0 aliphatic carbocycles. The zero-order valence-electron chi connectivity index (χ0n) is 11.5. The number of hydrogen-bond acceptors (Lipinski definition) is 5. The first-order chi connectivity index (χ1) is 10.3. The molecule has 2 aromatic carbocycles. The molecule has 0 saturated heterocycles. The van der Waals surface area contributed by atoms with Crippen LogP contribution in [0.4, 0.5) is 0 Å². The van der Waals surface area contributed by atoms with E-state index >= 15 is 0 Å². The van der Waals surface area contributed by atoms with Gasteiger partial charge in [-0.1, -0.05) is 59.5 Å². The number of hydrogen-bond donors (Lipinski definition) is 0. The minimum Gasteiger partial charge on any atom is -0.457 e. The van der Waals surface area contributed by atoms with Crippen molar-refractivity contribution in [3.05, 3.63) is 65.2 Å². The van der Waals surface area contributed by atoms with Crippen molar-refractivity contribution in [2.24, 2.45) is 0 Å². The van der Waals surface area contributed by atoms with Crippen molar-refractivity contribution in [3.63, 3.8) is 0 Å². The van der Waals surface area contributed by atoms with E-state index in [9.17, 15) is 0 Å². The molecule has 3 nitrogen and oxygen atoms in total. The van der Waals surface area contributed by atoms with E-state index in [0.29, 0.717) is 0 Å². The van der Waals surface area contributed by atoms with E-state index in [2.05, 4.69) is 16.3 Å². The Labute approximate surface area is 132 Å². The van der Waals surface area contributed by atoms with Gasteiger partial charge in [-0.05, 0) is 25.1 Å². The second-order valence-corrected chi connectivity index (χ2v) is 6.80. The smallest absolute Gasteiger partial charge is 0.174 e. The fourth-order valence-corrected chi connectivity index (χ4v) is 3.62. The van der Waals surface area contributed by atoms with E-state index in [1.807, 2.05) is 55.5 Å². The van der Waals surface area contributed by atoms with Gasteiger partial charge in [-0.3, -0.25) is 0 Å². The number of benzene rings is 2. The molecule has 3 rings (SSSR count). The summed E-state index contributed by atoms with van der Waals surface area (Å²) < 4.78 is 6.95. The second kappa shape index (κ2) is 6.74. The summed E-state index contributed by atoms with van der Waals surface area (Å²) >= 11 is 3.30. The van der Waals surface area contributed by atoms with Crippen molar-refractivity contribution in [2.45, 2.75) is 17.0 Å². The van der Waals surface area contributed by atoms with E-state index < -0.39 is 0 Å². The Hall–Kier alpha value is -1.85. The molecule has 0 amide bonds. The van der Waals surface area contributed by atoms with E-state index in [1.54, 1.807) is 23.1 Å². The quantitative estimate of drug-likeness (QED) is 0.625. The summed E-state index contributed by atoms with van der Waals surface area (Å²) in [4.78, 5) is 0. The van der Waals surface area contributed by atoms with Crippen molar-refractivity contribution < 1.29 is 4.74 Å². The van der Waals surface area contributed by atoms with Crippen molar-refractivity contribution in [1.82, 2.24) is 10.2 Å². The molecule has 0 aliphatic rings. The Morgan fingerprint density at radius 3 is 2.52 bits per heavy atom. The largest absolute Gasteiger partial charge is 0.457 e. The molecule has 5 heteroatoms. The topological polar surface area (TPSA) is 35.0 Å². The zero-order chi connectivity index (χ0) is 14.5. The number of nitrogens with zero attached hydrogens (tertiary/aromatic N) is 2. The lowest BCUT2D eigenvalue weighted by atomic mass is 10.2. The molecule has 0 atom stereocenters. The van der Waals surface area contributed by atoms with Gasteiger partial charge in [0, 0.05) is 11.3 Å². The molecule has 0 N–H and O–H groups in total. The van der Waals surface area contributed by atoms with Gasteiger partial charge in [-0.2, -0.15) is 0 Å². The van der Waals surface area contributed by atoms with Gasteiger partial charge in [0.15, 0.2) is 4.34 Å². The predicted molar refractivity (Wildman–Crippen MR) is 87.2 cm³/mol. The van der Waals surface area contributed by atoms with Crippen LogP contribution in [-0.2, 0) is 5.75 Å². The molecule has 0 aliphatic heterocycles. The molecule has 1 aromatic heterocycles. The lowest BCUT2D eigenvalue weighted by Crippen LogP contribution is -1.90. The first-order valence-electron chi connectivity index (χ1n) is 6.55. The molecular formula is C16H14N2OS2. The van der Waals surface area contributed by atoms with Gasteiger partial charge in [0.05, 0.1) is 0 Å². The maximum Gasteiger partial charge on any atom is 0.174 e. The SMILES string of the molecule is Cc1nnc(SCc2ccccc2Oc2ccccc2)s1. The first-order valence-corrected chi connectivity index (χ1v) is 8.35. The van der Waals surface area contributed by atoms with Crippen LogP contribution in [0.2, 0.25) is 0 Å². The third-order valence-corrected chi connectivity index (χ3v) is 4.82. The van der Waals surface area contributed by atoms with Gasteiger partial charge < -0.3 is 4.74 Å². The minimum absolute atomic E-state index is 0.817. The average Bonchev–Trinajstić information content (AvgIpc) is 2.93. The lowest BCUT2D eigenvalue weighted by Gasteiger charge is -2.10. The Balaban J connectivity index is 1.73. The number of para-hydroxylation sites is 2. The summed E-state index contributed by atoms with van der Waals surface area (Å²) in [6, 6.07) is 17.9. The van der Waals surface area contributed by atoms with Crippen LogP contribution in [0.1, 0.15) is 10.6 Å². The Morgan fingerprint density at radius 2 is 1.76 bits per heavy atom. The van der Waals surface area contributed by atoms with Crippen LogP contribution >= 0.6 is 23.1 Å². The fraction of sp³-hybridized carbons (Fsp3) is 0.125. The van der Waals surface area contributed by atoms with Crippen molar-refractivity contribution in [3.8, 4) is 11.5 Å².